The summed E-state index contributed by atoms with van der Waals surface area (Å²) in [7, 11) is 0. The summed E-state index contributed by atoms with van der Waals surface area (Å²) >= 11 is 0. The molecule has 1 amide bonds. The van der Waals surface area contributed by atoms with Gasteiger partial charge >= 0.3 is 6.18 Å². The molecule has 0 radical (unpaired) electrons. The van der Waals surface area contributed by atoms with Crippen molar-refractivity contribution in [1.29, 1.82) is 5.26 Å². The highest BCUT2D eigenvalue weighted by atomic mass is 19.4. The van der Waals surface area contributed by atoms with E-state index in [0.717, 1.165) is 12.1 Å². The number of carbonyl (C=O) groups is 1. The van der Waals surface area contributed by atoms with Crippen molar-refractivity contribution in [2.75, 3.05) is 5.32 Å². The quantitative estimate of drug-likeness (QED) is 0.634. The molecular formula is C22H15F3N2O2. The van der Waals surface area contributed by atoms with Crippen molar-refractivity contribution in [2.45, 2.75) is 12.3 Å². The van der Waals surface area contributed by atoms with Gasteiger partial charge in [-0.15, -0.1) is 0 Å². The SMILES string of the molecule is N#Cc1ccccc1O[C@@H](C(=O)Nc1cccc(C(F)(F)F)c1)c1ccccc1. The third-order valence-electron chi connectivity index (χ3n) is 4.05. The van der Waals surface area contributed by atoms with Crippen LogP contribution >= 0.6 is 0 Å². The Morgan fingerprint density at radius 2 is 1.66 bits per heavy atom. The Labute approximate surface area is 165 Å². The Kier molecular flexibility index (Phi) is 5.84. The monoisotopic (exact) mass is 396 g/mol. The van der Waals surface area contributed by atoms with Gasteiger partial charge in [-0.25, -0.2) is 0 Å². The Morgan fingerprint density at radius 3 is 2.34 bits per heavy atom. The van der Waals surface area contributed by atoms with Crippen molar-refractivity contribution in [1.82, 2.24) is 0 Å². The molecule has 146 valence electrons. The molecule has 4 nitrogen and oxygen atoms in total. The maximum absolute atomic E-state index is 12.9. The molecule has 1 N–H and O–H groups in total. The highest BCUT2D eigenvalue weighted by Crippen LogP contribution is 2.31. The summed E-state index contributed by atoms with van der Waals surface area (Å²) in [4.78, 5) is 12.9. The summed E-state index contributed by atoms with van der Waals surface area (Å²) in [5.41, 5.74) is -0.157. The normalized spacial score (nSPS) is 11.9. The number of alkyl halides is 3. The lowest BCUT2D eigenvalue weighted by Gasteiger charge is -2.20. The van der Waals surface area contributed by atoms with Crippen molar-refractivity contribution in [3.8, 4) is 11.8 Å². The van der Waals surface area contributed by atoms with Gasteiger partial charge in [0.05, 0.1) is 11.1 Å². The van der Waals surface area contributed by atoms with E-state index in [0.29, 0.717) is 5.56 Å². The van der Waals surface area contributed by atoms with E-state index >= 15 is 0 Å². The number of hydrogen-bond donors (Lipinski definition) is 1. The lowest BCUT2D eigenvalue weighted by molar-refractivity contribution is -0.137. The number of nitrogens with zero attached hydrogens (tertiary/aromatic N) is 1. The molecule has 0 saturated carbocycles. The number of ether oxygens (including phenoxy) is 1. The van der Waals surface area contributed by atoms with E-state index in [1.165, 1.54) is 12.1 Å². The molecule has 3 aromatic rings. The highest BCUT2D eigenvalue weighted by molar-refractivity contribution is 5.95. The van der Waals surface area contributed by atoms with Gasteiger partial charge in [-0.05, 0) is 30.3 Å². The van der Waals surface area contributed by atoms with Gasteiger partial charge in [-0.3, -0.25) is 4.79 Å². The lowest BCUT2D eigenvalue weighted by atomic mass is 10.1. The van der Waals surface area contributed by atoms with Crippen LogP contribution in [-0.2, 0) is 11.0 Å². The third kappa shape index (κ3) is 4.93. The standard InChI is InChI=1S/C22H15F3N2O2/c23-22(24,25)17-10-6-11-18(13-17)27-21(28)20(15-7-2-1-3-8-15)29-19-12-5-4-9-16(19)14-26/h1-13,20H,(H,27,28)/t20-/m1/s1. The van der Waals surface area contributed by atoms with Gasteiger partial charge in [0, 0.05) is 11.3 Å². The average molecular weight is 396 g/mol. The first kappa shape index (κ1) is 20.0. The molecule has 0 aliphatic heterocycles. The minimum absolute atomic E-state index is 0.0112. The predicted molar refractivity (Wildman–Crippen MR) is 101 cm³/mol. The molecule has 0 bridgehead atoms. The summed E-state index contributed by atoms with van der Waals surface area (Å²) in [6, 6.07) is 21.2. The molecule has 3 aromatic carbocycles. The van der Waals surface area contributed by atoms with E-state index in [9.17, 15) is 23.2 Å². The zero-order valence-corrected chi connectivity index (χ0v) is 15.0. The molecule has 0 fully saturated rings. The van der Waals surface area contributed by atoms with Crippen LogP contribution in [0.1, 0.15) is 22.8 Å². The van der Waals surface area contributed by atoms with Gasteiger partial charge < -0.3 is 10.1 Å². The maximum atomic E-state index is 12.9. The highest BCUT2D eigenvalue weighted by Gasteiger charge is 2.31. The minimum atomic E-state index is -4.53. The Bertz CT molecular complexity index is 1040. The van der Waals surface area contributed by atoms with Crippen molar-refractivity contribution in [3.05, 3.63) is 95.6 Å². The average Bonchev–Trinajstić information content (AvgIpc) is 2.72. The Morgan fingerprint density at radius 1 is 0.966 bits per heavy atom. The predicted octanol–water partition coefficient (Wildman–Crippen LogP) is 5.34. The second kappa shape index (κ2) is 8.48. The number of rotatable bonds is 5. The largest absolute Gasteiger partial charge is 0.474 e. The van der Waals surface area contributed by atoms with E-state index in [-0.39, 0.29) is 17.0 Å². The summed E-state index contributed by atoms with van der Waals surface area (Å²) in [5.74, 6) is -0.466. The van der Waals surface area contributed by atoms with Crippen LogP contribution in [0.2, 0.25) is 0 Å². The smallest absolute Gasteiger partial charge is 0.416 e. The summed E-state index contributed by atoms with van der Waals surface area (Å²) < 4.78 is 44.6. The number of halogens is 3. The van der Waals surface area contributed by atoms with Crippen LogP contribution in [0, 0.1) is 11.3 Å². The first-order valence-corrected chi connectivity index (χ1v) is 8.57. The number of amides is 1. The lowest BCUT2D eigenvalue weighted by Crippen LogP contribution is -2.26. The fraction of sp³-hybridized carbons (Fsp3) is 0.0909. The van der Waals surface area contributed by atoms with E-state index in [1.54, 1.807) is 54.6 Å². The van der Waals surface area contributed by atoms with Crippen molar-refractivity contribution < 1.29 is 22.7 Å². The molecule has 1 atom stereocenters. The molecule has 0 unspecified atom stereocenters. The van der Waals surface area contributed by atoms with Crippen LogP contribution < -0.4 is 10.1 Å². The Hall–Kier alpha value is -3.79. The van der Waals surface area contributed by atoms with Gasteiger partial charge in [0.25, 0.3) is 5.91 Å². The zero-order chi connectivity index (χ0) is 20.9. The molecule has 29 heavy (non-hydrogen) atoms. The van der Waals surface area contributed by atoms with Crippen molar-refractivity contribution >= 4 is 11.6 Å². The van der Waals surface area contributed by atoms with Crippen LogP contribution in [0.3, 0.4) is 0 Å². The first-order valence-electron chi connectivity index (χ1n) is 8.57. The number of nitriles is 1. The third-order valence-corrected chi connectivity index (χ3v) is 4.05. The topological polar surface area (TPSA) is 62.1 Å². The van der Waals surface area contributed by atoms with E-state index in [4.69, 9.17) is 4.74 Å². The van der Waals surface area contributed by atoms with E-state index in [1.807, 2.05) is 6.07 Å². The molecule has 0 aliphatic rings. The number of nitrogens with one attached hydrogen (secondary N) is 1. The molecule has 0 aromatic heterocycles. The number of para-hydroxylation sites is 1. The number of hydrogen-bond acceptors (Lipinski definition) is 3. The molecule has 7 heteroatoms. The maximum Gasteiger partial charge on any atom is 0.416 e. The summed E-state index contributed by atoms with van der Waals surface area (Å²) in [5, 5.41) is 11.7. The van der Waals surface area contributed by atoms with Crippen LogP contribution in [0.25, 0.3) is 0 Å². The summed E-state index contributed by atoms with van der Waals surface area (Å²) in [6.07, 6.45) is -5.69. The molecule has 0 aliphatic carbocycles. The second-order valence-electron chi connectivity index (χ2n) is 6.08. The molecule has 0 saturated heterocycles. The zero-order valence-electron chi connectivity index (χ0n) is 15.0. The molecule has 0 heterocycles. The van der Waals surface area contributed by atoms with Crippen LogP contribution in [0.15, 0.2) is 78.9 Å². The van der Waals surface area contributed by atoms with Gasteiger partial charge in [-0.2, -0.15) is 18.4 Å². The molecule has 3 rings (SSSR count). The van der Waals surface area contributed by atoms with E-state index in [2.05, 4.69) is 5.32 Å². The van der Waals surface area contributed by atoms with Crippen molar-refractivity contribution in [2.24, 2.45) is 0 Å². The van der Waals surface area contributed by atoms with Crippen LogP contribution in [0.5, 0.6) is 5.75 Å². The van der Waals surface area contributed by atoms with E-state index < -0.39 is 23.8 Å². The first-order chi connectivity index (χ1) is 13.9. The Balaban J connectivity index is 1.91. The fourth-order valence-corrected chi connectivity index (χ4v) is 2.67. The molecule has 0 spiro atoms. The van der Waals surface area contributed by atoms with Crippen LogP contribution in [-0.4, -0.2) is 5.91 Å². The fourth-order valence-electron chi connectivity index (χ4n) is 2.67. The van der Waals surface area contributed by atoms with Gasteiger partial charge in [-0.1, -0.05) is 48.5 Å². The van der Waals surface area contributed by atoms with Gasteiger partial charge in [0.15, 0.2) is 0 Å². The minimum Gasteiger partial charge on any atom is -0.474 e. The number of carbonyl (C=O) groups excluding carboxylic acids is 1. The second-order valence-corrected chi connectivity index (χ2v) is 6.08. The van der Waals surface area contributed by atoms with Crippen LogP contribution in [0.4, 0.5) is 18.9 Å². The molecular weight excluding hydrogens is 381 g/mol. The number of anilines is 1. The summed E-state index contributed by atoms with van der Waals surface area (Å²) in [6.45, 7) is 0. The van der Waals surface area contributed by atoms with Crippen molar-refractivity contribution in [3.63, 3.8) is 0 Å². The van der Waals surface area contributed by atoms with Gasteiger partial charge in [0.1, 0.15) is 11.8 Å². The number of benzene rings is 3. The van der Waals surface area contributed by atoms with Gasteiger partial charge in [0.2, 0.25) is 6.10 Å².